The van der Waals surface area contributed by atoms with Gasteiger partial charge in [0.2, 0.25) is 4.75 Å². The van der Waals surface area contributed by atoms with Crippen molar-refractivity contribution in [2.45, 2.75) is 37.6 Å². The first kappa shape index (κ1) is 22.5. The Bertz CT molecular complexity index is 716. The summed E-state index contributed by atoms with van der Waals surface area (Å²) < 4.78 is 11.2. The molecule has 0 spiro atoms. The highest BCUT2D eigenvalue weighted by Crippen LogP contribution is 2.43. The fourth-order valence-electron chi connectivity index (χ4n) is 3.32. The number of nitrogens with zero attached hydrogens (tertiary/aromatic N) is 1. The van der Waals surface area contributed by atoms with Gasteiger partial charge < -0.3 is 14.1 Å². The second-order valence-electron chi connectivity index (χ2n) is 6.57. The third kappa shape index (κ3) is 5.86. The van der Waals surface area contributed by atoms with Crippen molar-refractivity contribution < 1.29 is 8.85 Å². The number of benzene rings is 2. The molecule has 0 saturated carbocycles. The SMILES string of the molecule is CCO[Si](C)(CCCSC(C#[N+][O-])(c1ccccc1)c1ccccc1)OCC. The first-order chi connectivity index (χ1) is 13.6. The van der Waals surface area contributed by atoms with Crippen LogP contribution in [0.2, 0.25) is 12.6 Å². The van der Waals surface area contributed by atoms with Crippen LogP contribution in [0.3, 0.4) is 0 Å². The van der Waals surface area contributed by atoms with E-state index < -0.39 is 13.3 Å². The lowest BCUT2D eigenvalue weighted by Gasteiger charge is -2.27. The largest absolute Gasteiger partial charge is 0.498 e. The Morgan fingerprint density at radius 3 is 1.89 bits per heavy atom. The van der Waals surface area contributed by atoms with Crippen molar-refractivity contribution in [3.8, 4) is 6.07 Å². The maximum atomic E-state index is 11.3. The smallest absolute Gasteiger partial charge is 0.334 e. The predicted molar refractivity (Wildman–Crippen MR) is 121 cm³/mol. The molecular weight excluding hydrogens is 386 g/mol. The van der Waals surface area contributed by atoms with E-state index >= 15 is 0 Å². The molecule has 6 heteroatoms. The number of thioether (sulfide) groups is 1. The van der Waals surface area contributed by atoms with E-state index in [1.165, 1.54) is 0 Å². The summed E-state index contributed by atoms with van der Waals surface area (Å²) in [5.74, 6) is 0.842. The molecule has 2 rings (SSSR count). The molecule has 28 heavy (non-hydrogen) atoms. The lowest BCUT2D eigenvalue weighted by atomic mass is 9.91. The zero-order chi connectivity index (χ0) is 20.3. The van der Waals surface area contributed by atoms with Gasteiger partial charge in [0.1, 0.15) is 0 Å². The molecule has 150 valence electrons. The summed E-state index contributed by atoms with van der Waals surface area (Å²) in [6, 6.07) is 23.7. The molecule has 0 aliphatic heterocycles. The summed E-state index contributed by atoms with van der Waals surface area (Å²) in [6.07, 6.45) is 0.940. The van der Waals surface area contributed by atoms with Gasteiger partial charge >= 0.3 is 14.6 Å². The zero-order valence-electron chi connectivity index (χ0n) is 16.9. The van der Waals surface area contributed by atoms with Crippen molar-refractivity contribution in [2.75, 3.05) is 19.0 Å². The van der Waals surface area contributed by atoms with Crippen molar-refractivity contribution >= 4 is 20.3 Å². The summed E-state index contributed by atoms with van der Waals surface area (Å²) >= 11 is 1.68. The summed E-state index contributed by atoms with van der Waals surface area (Å²) in [5, 5.41) is 14.4. The van der Waals surface area contributed by atoms with Crippen LogP contribution >= 0.6 is 11.8 Å². The Labute approximate surface area is 173 Å². The average Bonchev–Trinajstić information content (AvgIpc) is 2.72. The second kappa shape index (κ2) is 11.3. The zero-order valence-corrected chi connectivity index (χ0v) is 18.7. The van der Waals surface area contributed by atoms with Crippen LogP contribution in [0.15, 0.2) is 60.7 Å². The first-order valence-corrected chi connectivity index (χ1v) is 13.2. The molecule has 0 aliphatic carbocycles. The van der Waals surface area contributed by atoms with Crippen LogP contribution in [0, 0.1) is 11.3 Å². The minimum absolute atomic E-state index is 0.671. The van der Waals surface area contributed by atoms with Crippen molar-refractivity contribution in [1.82, 2.24) is 0 Å². The fraction of sp³-hybridized carbons (Fsp3) is 0.409. The first-order valence-electron chi connectivity index (χ1n) is 9.72. The van der Waals surface area contributed by atoms with Crippen LogP contribution in [0.4, 0.5) is 0 Å². The summed E-state index contributed by atoms with van der Waals surface area (Å²) in [7, 11) is -2.14. The van der Waals surface area contributed by atoms with E-state index in [1.807, 2.05) is 74.5 Å². The van der Waals surface area contributed by atoms with Crippen molar-refractivity contribution in [3.63, 3.8) is 0 Å². The van der Waals surface area contributed by atoms with Crippen LogP contribution in [0.25, 0.3) is 5.01 Å². The standard InChI is InChI=1S/C22H29NO3SSi/c1-4-25-28(3,26-5-2)18-12-17-27-22(19-23-24,20-13-8-6-9-14-20)21-15-10-7-11-16-21/h6-11,13-16H,4-5,12,17-18H2,1-3H3. The highest BCUT2D eigenvalue weighted by atomic mass is 32.2. The maximum absolute atomic E-state index is 11.3. The monoisotopic (exact) mass is 415 g/mol. The van der Waals surface area contributed by atoms with Gasteiger partial charge in [-0.1, -0.05) is 60.7 Å². The van der Waals surface area contributed by atoms with E-state index in [0.717, 1.165) is 29.3 Å². The molecule has 0 aromatic heterocycles. The highest BCUT2D eigenvalue weighted by Gasteiger charge is 2.40. The summed E-state index contributed by atoms with van der Waals surface area (Å²) in [4.78, 5) is 0. The van der Waals surface area contributed by atoms with E-state index in [1.54, 1.807) is 11.8 Å². The average molecular weight is 416 g/mol. The van der Waals surface area contributed by atoms with E-state index in [0.29, 0.717) is 13.2 Å². The van der Waals surface area contributed by atoms with Gasteiger partial charge in [0, 0.05) is 18.2 Å². The van der Waals surface area contributed by atoms with Gasteiger partial charge in [0.05, 0.1) is 0 Å². The molecule has 0 fully saturated rings. The van der Waals surface area contributed by atoms with Crippen molar-refractivity contribution in [1.29, 1.82) is 0 Å². The van der Waals surface area contributed by atoms with Gasteiger partial charge in [0.25, 0.3) is 0 Å². The molecule has 0 unspecified atom stereocenters. The van der Waals surface area contributed by atoms with Crippen LogP contribution in [0.5, 0.6) is 0 Å². The summed E-state index contributed by atoms with van der Waals surface area (Å²) in [6.45, 7) is 7.48. The van der Waals surface area contributed by atoms with Crippen molar-refractivity contribution in [2.24, 2.45) is 0 Å². The van der Waals surface area contributed by atoms with Gasteiger partial charge in [0.15, 0.2) is 0 Å². The second-order valence-corrected chi connectivity index (χ2v) is 11.2. The van der Waals surface area contributed by atoms with E-state index in [2.05, 4.69) is 17.6 Å². The van der Waals surface area contributed by atoms with E-state index in [9.17, 15) is 5.21 Å². The Kier molecular flexibility index (Phi) is 9.06. The topological polar surface area (TPSA) is 45.9 Å². The van der Waals surface area contributed by atoms with Crippen LogP contribution < -0.4 is 0 Å². The third-order valence-electron chi connectivity index (χ3n) is 4.56. The molecule has 2 aromatic carbocycles. The predicted octanol–water partition coefficient (Wildman–Crippen LogP) is 6.03. The normalized spacial score (nSPS) is 11.7. The quantitative estimate of drug-likeness (QED) is 0.255. The minimum Gasteiger partial charge on any atom is -0.498 e. The molecule has 0 atom stereocenters. The number of hydrogen-bond acceptors (Lipinski definition) is 4. The number of rotatable bonds is 11. The van der Waals surface area contributed by atoms with Gasteiger partial charge in [-0.2, -0.15) is 0 Å². The molecule has 0 heterocycles. The fourth-order valence-corrected chi connectivity index (χ4v) is 7.29. The van der Waals surface area contributed by atoms with Gasteiger partial charge in [-0.25, -0.2) is 0 Å². The molecule has 4 nitrogen and oxygen atoms in total. The van der Waals surface area contributed by atoms with Gasteiger partial charge in [-0.15, -0.1) is 11.8 Å². The molecule has 0 radical (unpaired) electrons. The van der Waals surface area contributed by atoms with Crippen LogP contribution in [0.1, 0.15) is 31.4 Å². The Morgan fingerprint density at radius 1 is 0.964 bits per heavy atom. The highest BCUT2D eigenvalue weighted by molar-refractivity contribution is 8.00. The molecule has 0 N–H and O–H groups in total. The van der Waals surface area contributed by atoms with Crippen molar-refractivity contribution in [3.05, 3.63) is 82.0 Å². The van der Waals surface area contributed by atoms with E-state index in [-0.39, 0.29) is 0 Å². The summed E-state index contributed by atoms with van der Waals surface area (Å²) in [5.41, 5.74) is 2.00. The van der Waals surface area contributed by atoms with E-state index in [4.69, 9.17) is 8.85 Å². The number of hydrogen-bond donors (Lipinski definition) is 0. The molecular formula is C22H29NO3SSi. The van der Waals surface area contributed by atoms with Crippen LogP contribution in [-0.2, 0) is 13.6 Å². The van der Waals surface area contributed by atoms with Gasteiger partial charge in [-0.05, 0) is 49.7 Å². The molecule has 0 amide bonds. The van der Waals surface area contributed by atoms with Crippen LogP contribution in [-0.4, -0.2) is 27.5 Å². The third-order valence-corrected chi connectivity index (χ3v) is 9.11. The maximum Gasteiger partial charge on any atom is 0.334 e. The lowest BCUT2D eigenvalue weighted by molar-refractivity contribution is 0.189. The molecule has 0 saturated heterocycles. The Morgan fingerprint density at radius 2 is 1.46 bits per heavy atom. The Hall–Kier alpha value is -1.78. The lowest BCUT2D eigenvalue weighted by Crippen LogP contribution is -2.38. The van der Waals surface area contributed by atoms with Gasteiger partial charge in [-0.3, -0.25) is 0 Å². The Balaban J connectivity index is 2.22. The molecule has 0 aliphatic rings. The molecule has 2 aromatic rings. The molecule has 0 bridgehead atoms. The minimum atomic E-state index is -2.14.